The molecule has 0 saturated heterocycles. The molecule has 0 atom stereocenters. The number of allylic oxidation sites excluding steroid dienone is 2. The maximum Gasteiger partial charge on any atom is 0.349 e. The number of carbonyl (C=O) groups excluding carboxylic acids is 1. The number of nitriles is 1. The molecule has 1 aliphatic rings. The van der Waals surface area contributed by atoms with Crippen LogP contribution in [0.4, 0.5) is 0 Å². The lowest BCUT2D eigenvalue weighted by Gasteiger charge is -2.22. The normalized spacial score (nSPS) is 14.2. The standard InChI is InChI=1S/C22H19NO4/c1-4-26-22(24)19(13-23)17-12-21(15-6-8-16(25-3)9-7-15)27-20-10-5-14(2)11-18(17)20/h5-12H,4H2,1-3H3/b19-17+. The van der Waals surface area contributed by atoms with E-state index in [2.05, 4.69) is 0 Å². The van der Waals surface area contributed by atoms with E-state index in [0.29, 0.717) is 22.6 Å². The van der Waals surface area contributed by atoms with Crippen LogP contribution in [-0.2, 0) is 9.53 Å². The van der Waals surface area contributed by atoms with Gasteiger partial charge in [-0.25, -0.2) is 4.79 Å². The van der Waals surface area contributed by atoms with Gasteiger partial charge in [-0.05, 0) is 56.3 Å². The van der Waals surface area contributed by atoms with E-state index in [4.69, 9.17) is 14.2 Å². The summed E-state index contributed by atoms with van der Waals surface area (Å²) in [6, 6.07) is 15.0. The Morgan fingerprint density at radius 1 is 1.19 bits per heavy atom. The molecular weight excluding hydrogens is 342 g/mol. The van der Waals surface area contributed by atoms with Crippen molar-refractivity contribution in [1.82, 2.24) is 0 Å². The lowest BCUT2D eigenvalue weighted by molar-refractivity contribution is -0.137. The fraction of sp³-hybridized carbons (Fsp3) is 0.182. The SMILES string of the molecule is CCOC(=O)/C(C#N)=C1\C=C(c2ccc(OC)cc2)Oc2ccc(C)cc21. The van der Waals surface area contributed by atoms with Crippen LogP contribution in [0.1, 0.15) is 23.6 Å². The van der Waals surface area contributed by atoms with Crippen molar-refractivity contribution in [2.24, 2.45) is 0 Å². The van der Waals surface area contributed by atoms with Crippen molar-refractivity contribution in [3.05, 3.63) is 70.8 Å². The fourth-order valence-corrected chi connectivity index (χ4v) is 2.82. The Morgan fingerprint density at radius 2 is 1.93 bits per heavy atom. The van der Waals surface area contributed by atoms with Gasteiger partial charge in [-0.2, -0.15) is 5.26 Å². The first-order chi connectivity index (χ1) is 13.1. The number of fused-ring (bicyclic) bond motifs is 1. The van der Waals surface area contributed by atoms with Gasteiger partial charge in [-0.1, -0.05) is 11.6 Å². The third-order valence-electron chi connectivity index (χ3n) is 4.16. The van der Waals surface area contributed by atoms with Crippen molar-refractivity contribution in [2.45, 2.75) is 13.8 Å². The second kappa shape index (κ2) is 7.79. The number of benzene rings is 2. The Balaban J connectivity index is 2.18. The van der Waals surface area contributed by atoms with Gasteiger partial charge < -0.3 is 14.2 Å². The lowest BCUT2D eigenvalue weighted by Crippen LogP contribution is -2.11. The zero-order valence-electron chi connectivity index (χ0n) is 15.4. The minimum Gasteiger partial charge on any atom is -0.497 e. The number of methoxy groups -OCH3 is 1. The van der Waals surface area contributed by atoms with Crippen molar-refractivity contribution in [1.29, 1.82) is 5.26 Å². The summed E-state index contributed by atoms with van der Waals surface area (Å²) in [6.45, 7) is 3.85. The highest BCUT2D eigenvalue weighted by molar-refractivity contribution is 6.06. The van der Waals surface area contributed by atoms with E-state index >= 15 is 0 Å². The quantitative estimate of drug-likeness (QED) is 0.462. The highest BCUT2D eigenvalue weighted by Crippen LogP contribution is 2.39. The second-order valence-electron chi connectivity index (χ2n) is 5.96. The van der Waals surface area contributed by atoms with Crippen LogP contribution in [0.2, 0.25) is 0 Å². The molecular formula is C22H19NO4. The maximum atomic E-state index is 12.3. The van der Waals surface area contributed by atoms with Crippen LogP contribution >= 0.6 is 0 Å². The molecule has 5 nitrogen and oxygen atoms in total. The minimum atomic E-state index is -0.644. The van der Waals surface area contributed by atoms with Crippen molar-refractivity contribution in [2.75, 3.05) is 13.7 Å². The fourth-order valence-electron chi connectivity index (χ4n) is 2.82. The van der Waals surface area contributed by atoms with Crippen molar-refractivity contribution in [3.63, 3.8) is 0 Å². The van der Waals surface area contributed by atoms with Gasteiger partial charge in [0, 0.05) is 16.7 Å². The third-order valence-corrected chi connectivity index (χ3v) is 4.16. The first-order valence-corrected chi connectivity index (χ1v) is 8.54. The topological polar surface area (TPSA) is 68.6 Å². The van der Waals surface area contributed by atoms with Gasteiger partial charge in [0.05, 0.1) is 13.7 Å². The van der Waals surface area contributed by atoms with E-state index in [1.54, 1.807) is 20.1 Å². The van der Waals surface area contributed by atoms with Crippen molar-refractivity contribution < 1.29 is 19.0 Å². The molecule has 0 spiro atoms. The first-order valence-electron chi connectivity index (χ1n) is 8.54. The third kappa shape index (κ3) is 3.70. The van der Waals surface area contributed by atoms with Gasteiger partial charge in [0.1, 0.15) is 28.9 Å². The molecule has 0 saturated carbocycles. The molecule has 1 aliphatic heterocycles. The van der Waals surface area contributed by atoms with Gasteiger partial charge in [-0.3, -0.25) is 0 Å². The molecule has 0 aromatic heterocycles. The minimum absolute atomic E-state index is 0.0435. The monoisotopic (exact) mass is 361 g/mol. The Morgan fingerprint density at radius 3 is 2.56 bits per heavy atom. The van der Waals surface area contributed by atoms with Crippen LogP contribution in [0.5, 0.6) is 11.5 Å². The van der Waals surface area contributed by atoms with Crippen LogP contribution in [0.25, 0.3) is 11.3 Å². The average Bonchev–Trinajstić information content (AvgIpc) is 2.69. The first kappa shape index (κ1) is 18.3. The number of esters is 1. The average molecular weight is 361 g/mol. The number of nitrogens with zero attached hydrogens (tertiary/aromatic N) is 1. The molecule has 0 radical (unpaired) electrons. The maximum absolute atomic E-state index is 12.3. The highest BCUT2D eigenvalue weighted by atomic mass is 16.5. The summed E-state index contributed by atoms with van der Waals surface area (Å²) in [7, 11) is 1.60. The van der Waals surface area contributed by atoms with Gasteiger partial charge in [0.2, 0.25) is 0 Å². The van der Waals surface area contributed by atoms with Crippen LogP contribution in [0.3, 0.4) is 0 Å². The zero-order valence-corrected chi connectivity index (χ0v) is 15.4. The van der Waals surface area contributed by atoms with Gasteiger partial charge >= 0.3 is 5.97 Å². The summed E-state index contributed by atoms with van der Waals surface area (Å²) in [5.41, 5.74) is 2.94. The summed E-state index contributed by atoms with van der Waals surface area (Å²) >= 11 is 0. The largest absolute Gasteiger partial charge is 0.497 e. The number of hydrogen-bond acceptors (Lipinski definition) is 5. The molecule has 0 N–H and O–H groups in total. The molecule has 0 unspecified atom stereocenters. The summed E-state index contributed by atoms with van der Waals surface area (Å²) in [6.07, 6.45) is 1.71. The summed E-state index contributed by atoms with van der Waals surface area (Å²) in [5.74, 6) is 1.21. The Bertz CT molecular complexity index is 978. The number of ether oxygens (including phenoxy) is 3. The molecule has 3 rings (SSSR count). The van der Waals surface area contributed by atoms with E-state index in [1.165, 1.54) is 0 Å². The summed E-state index contributed by atoms with van der Waals surface area (Å²) < 4.78 is 16.3. The number of hydrogen-bond donors (Lipinski definition) is 0. The van der Waals surface area contributed by atoms with E-state index in [9.17, 15) is 10.1 Å². The zero-order chi connectivity index (χ0) is 19.4. The van der Waals surface area contributed by atoms with Crippen LogP contribution in [-0.4, -0.2) is 19.7 Å². The molecule has 0 fully saturated rings. The smallest absolute Gasteiger partial charge is 0.349 e. The molecule has 27 heavy (non-hydrogen) atoms. The molecule has 0 aliphatic carbocycles. The molecule has 2 aromatic carbocycles. The van der Waals surface area contributed by atoms with Gasteiger partial charge in [-0.15, -0.1) is 0 Å². The van der Waals surface area contributed by atoms with Gasteiger partial charge in [0.15, 0.2) is 0 Å². The van der Waals surface area contributed by atoms with Crippen LogP contribution in [0, 0.1) is 18.3 Å². The molecule has 1 heterocycles. The molecule has 136 valence electrons. The number of aryl methyl sites for hydroxylation is 1. The Hall–Kier alpha value is -3.52. The van der Waals surface area contributed by atoms with Crippen LogP contribution in [0.15, 0.2) is 54.1 Å². The van der Waals surface area contributed by atoms with Crippen molar-refractivity contribution >= 4 is 17.3 Å². The van der Waals surface area contributed by atoms with E-state index in [-0.39, 0.29) is 12.2 Å². The van der Waals surface area contributed by atoms with E-state index in [0.717, 1.165) is 16.9 Å². The highest BCUT2D eigenvalue weighted by Gasteiger charge is 2.25. The van der Waals surface area contributed by atoms with E-state index in [1.807, 2.05) is 55.5 Å². The predicted octanol–water partition coefficient (Wildman–Crippen LogP) is 4.28. The Kier molecular flexibility index (Phi) is 5.28. The van der Waals surface area contributed by atoms with E-state index < -0.39 is 5.97 Å². The molecule has 2 aromatic rings. The molecule has 0 amide bonds. The Labute approximate surface area is 158 Å². The van der Waals surface area contributed by atoms with Gasteiger partial charge in [0.25, 0.3) is 0 Å². The number of rotatable bonds is 4. The predicted molar refractivity (Wildman–Crippen MR) is 102 cm³/mol. The van der Waals surface area contributed by atoms with Crippen LogP contribution < -0.4 is 9.47 Å². The lowest BCUT2D eigenvalue weighted by atomic mass is 9.94. The summed E-state index contributed by atoms with van der Waals surface area (Å²) in [5, 5.41) is 9.60. The molecule has 5 heteroatoms. The second-order valence-corrected chi connectivity index (χ2v) is 5.96. The molecule has 0 bridgehead atoms. The van der Waals surface area contributed by atoms with Crippen molar-refractivity contribution in [3.8, 4) is 17.6 Å². The number of carbonyl (C=O) groups is 1. The summed E-state index contributed by atoms with van der Waals surface area (Å²) in [4.78, 5) is 12.3.